The highest BCUT2D eigenvalue weighted by Gasteiger charge is 2.14. The molecule has 0 radical (unpaired) electrons. The van der Waals surface area contributed by atoms with Crippen LogP contribution in [-0.2, 0) is 6.42 Å². The molecule has 1 atom stereocenters. The van der Waals surface area contributed by atoms with E-state index in [0.29, 0.717) is 5.92 Å². The van der Waals surface area contributed by atoms with E-state index in [4.69, 9.17) is 0 Å². The third kappa shape index (κ3) is 4.20. The summed E-state index contributed by atoms with van der Waals surface area (Å²) < 4.78 is 0. The van der Waals surface area contributed by atoms with Crippen molar-refractivity contribution in [2.75, 3.05) is 0 Å². The van der Waals surface area contributed by atoms with Crippen molar-refractivity contribution in [1.82, 2.24) is 0 Å². The van der Waals surface area contributed by atoms with Gasteiger partial charge in [0.25, 0.3) is 0 Å². The zero-order valence-electron chi connectivity index (χ0n) is 23.9. The monoisotopic (exact) mass is 528 g/mol. The van der Waals surface area contributed by atoms with Gasteiger partial charge in [0.2, 0.25) is 0 Å². The first-order valence-corrected chi connectivity index (χ1v) is 15.6. The summed E-state index contributed by atoms with van der Waals surface area (Å²) in [4.78, 5) is 0. The fourth-order valence-electron chi connectivity index (χ4n) is 7.66. The van der Waals surface area contributed by atoms with E-state index >= 15 is 0 Å². The number of hydrogen-bond donors (Lipinski definition) is 0. The van der Waals surface area contributed by atoms with Crippen LogP contribution in [0.4, 0.5) is 0 Å². The van der Waals surface area contributed by atoms with Gasteiger partial charge in [-0.15, -0.1) is 0 Å². The third-order valence-corrected chi connectivity index (χ3v) is 9.74. The Hall–Kier alpha value is -4.16. The van der Waals surface area contributed by atoms with Crippen LogP contribution in [0.3, 0.4) is 0 Å². The Morgan fingerprint density at radius 3 is 1.34 bits per heavy atom. The molecule has 0 aliphatic heterocycles. The summed E-state index contributed by atoms with van der Waals surface area (Å²) in [6.45, 7) is 2.36. The Labute approximate surface area is 242 Å². The maximum Gasteiger partial charge on any atom is -0.00266 e. The van der Waals surface area contributed by atoms with Crippen LogP contribution in [0.15, 0.2) is 109 Å². The van der Waals surface area contributed by atoms with Gasteiger partial charge in [-0.25, -0.2) is 0 Å². The van der Waals surface area contributed by atoms with Crippen molar-refractivity contribution in [2.24, 2.45) is 0 Å². The van der Waals surface area contributed by atoms with E-state index in [9.17, 15) is 0 Å². The summed E-state index contributed by atoms with van der Waals surface area (Å²) in [7, 11) is 0. The maximum absolute atomic E-state index is 2.48. The van der Waals surface area contributed by atoms with E-state index in [1.807, 2.05) is 0 Å². The second kappa shape index (κ2) is 10.0. The van der Waals surface area contributed by atoms with Gasteiger partial charge in [0.05, 0.1) is 0 Å². The quantitative estimate of drug-likeness (QED) is 0.129. The van der Waals surface area contributed by atoms with Crippen LogP contribution < -0.4 is 0 Å². The summed E-state index contributed by atoms with van der Waals surface area (Å²) in [5.74, 6) is 0.636. The molecule has 0 aliphatic rings. The topological polar surface area (TPSA) is 0 Å². The fraction of sp³-hybridized carbons (Fsp3) is 0.220. The Bertz CT molecular complexity index is 2020. The van der Waals surface area contributed by atoms with E-state index in [0.717, 1.165) is 0 Å². The molecule has 8 rings (SSSR count). The van der Waals surface area contributed by atoms with Gasteiger partial charge in [0, 0.05) is 0 Å². The SMILES string of the molecule is CCC(CCCCCCc1cc2ccc3cccc4ccc(c1)c2c34)c1cc2ccc3cccc4ccc(c1)c2c34. The van der Waals surface area contributed by atoms with Gasteiger partial charge in [-0.05, 0) is 107 Å². The fourth-order valence-corrected chi connectivity index (χ4v) is 7.66. The molecule has 41 heavy (non-hydrogen) atoms. The van der Waals surface area contributed by atoms with E-state index in [2.05, 4.69) is 116 Å². The lowest BCUT2D eigenvalue weighted by Gasteiger charge is -2.18. The van der Waals surface area contributed by atoms with Gasteiger partial charge >= 0.3 is 0 Å². The molecule has 0 saturated heterocycles. The lowest BCUT2D eigenvalue weighted by molar-refractivity contribution is 0.537. The molecule has 8 aromatic carbocycles. The zero-order chi connectivity index (χ0) is 27.3. The van der Waals surface area contributed by atoms with Crippen LogP contribution in [-0.4, -0.2) is 0 Å². The first kappa shape index (κ1) is 24.6. The molecule has 0 bridgehead atoms. The molecule has 0 spiro atoms. The Balaban J connectivity index is 0.928. The van der Waals surface area contributed by atoms with Crippen LogP contribution in [0.25, 0.3) is 64.6 Å². The van der Waals surface area contributed by atoms with Crippen molar-refractivity contribution in [3.63, 3.8) is 0 Å². The number of unbranched alkanes of at least 4 members (excludes halogenated alkanes) is 3. The molecule has 0 heterocycles. The second-order valence-electron chi connectivity index (χ2n) is 12.2. The molecule has 0 aromatic heterocycles. The molecule has 0 aliphatic carbocycles. The molecule has 1 unspecified atom stereocenters. The zero-order valence-corrected chi connectivity index (χ0v) is 23.9. The molecule has 0 nitrogen and oxygen atoms in total. The number of rotatable bonds is 9. The minimum atomic E-state index is 0.636. The first-order chi connectivity index (χ1) is 20.3. The number of benzene rings is 8. The molecular formula is C41H36. The largest absolute Gasteiger partial charge is 0.0648 e. The summed E-state index contributed by atoms with van der Waals surface area (Å²) >= 11 is 0. The van der Waals surface area contributed by atoms with E-state index in [-0.39, 0.29) is 0 Å². The van der Waals surface area contributed by atoms with Crippen LogP contribution >= 0.6 is 0 Å². The summed E-state index contributed by atoms with van der Waals surface area (Å²) in [5, 5.41) is 16.7. The van der Waals surface area contributed by atoms with Gasteiger partial charge in [0.15, 0.2) is 0 Å². The normalized spacial score (nSPS) is 13.1. The second-order valence-corrected chi connectivity index (χ2v) is 12.2. The average molecular weight is 529 g/mol. The van der Waals surface area contributed by atoms with Gasteiger partial charge in [-0.2, -0.15) is 0 Å². The molecule has 0 amide bonds. The molecule has 0 fully saturated rings. The van der Waals surface area contributed by atoms with E-state index < -0.39 is 0 Å². The van der Waals surface area contributed by atoms with Gasteiger partial charge in [-0.3, -0.25) is 0 Å². The van der Waals surface area contributed by atoms with Gasteiger partial charge < -0.3 is 0 Å². The predicted octanol–water partition coefficient (Wildman–Crippen LogP) is 12.2. The molecule has 8 aromatic rings. The van der Waals surface area contributed by atoms with Crippen LogP contribution in [0.2, 0.25) is 0 Å². The molecular weight excluding hydrogens is 492 g/mol. The Kier molecular flexibility index (Phi) is 6.03. The van der Waals surface area contributed by atoms with Crippen molar-refractivity contribution >= 4 is 64.6 Å². The average Bonchev–Trinajstić information content (AvgIpc) is 3.02. The van der Waals surface area contributed by atoms with Crippen molar-refractivity contribution in [2.45, 2.75) is 57.8 Å². The summed E-state index contributed by atoms with van der Waals surface area (Å²) in [5.41, 5.74) is 3.00. The third-order valence-electron chi connectivity index (χ3n) is 9.74. The maximum atomic E-state index is 2.48. The summed E-state index contributed by atoms with van der Waals surface area (Å²) in [6.07, 6.45) is 8.86. The minimum Gasteiger partial charge on any atom is -0.0648 e. The number of hydrogen-bond acceptors (Lipinski definition) is 0. The Morgan fingerprint density at radius 1 is 0.439 bits per heavy atom. The van der Waals surface area contributed by atoms with Crippen LogP contribution in [0.1, 0.15) is 62.5 Å². The van der Waals surface area contributed by atoms with Gasteiger partial charge in [0.1, 0.15) is 0 Å². The Morgan fingerprint density at radius 2 is 0.854 bits per heavy atom. The molecule has 0 N–H and O–H groups in total. The van der Waals surface area contributed by atoms with Crippen molar-refractivity contribution < 1.29 is 0 Å². The summed E-state index contributed by atoms with van der Waals surface area (Å²) in [6, 6.07) is 41.6. The van der Waals surface area contributed by atoms with Crippen molar-refractivity contribution in [3.05, 3.63) is 120 Å². The van der Waals surface area contributed by atoms with E-state index in [1.165, 1.54) is 121 Å². The van der Waals surface area contributed by atoms with Crippen molar-refractivity contribution in [1.29, 1.82) is 0 Å². The first-order valence-electron chi connectivity index (χ1n) is 15.6. The molecule has 200 valence electrons. The molecule has 0 saturated carbocycles. The smallest absolute Gasteiger partial charge is 0.00266 e. The minimum absolute atomic E-state index is 0.636. The highest BCUT2D eigenvalue weighted by Crippen LogP contribution is 2.38. The lowest BCUT2D eigenvalue weighted by atomic mass is 9.86. The number of aryl methyl sites for hydroxylation is 1. The lowest BCUT2D eigenvalue weighted by Crippen LogP contribution is -1.99. The highest BCUT2D eigenvalue weighted by molar-refractivity contribution is 6.24. The van der Waals surface area contributed by atoms with Crippen LogP contribution in [0, 0.1) is 0 Å². The van der Waals surface area contributed by atoms with E-state index in [1.54, 1.807) is 0 Å². The standard InChI is InChI=1S/C41H36/c1-2-28(37-25-35-21-17-31-13-8-14-32-18-22-36(26-37)41(35)39(31)32)10-6-4-3-5-9-27-23-33-19-15-29-11-7-12-30-16-20-34(24-27)40(33)38(29)30/h7-8,11-26,28H,2-6,9-10H2,1H3. The van der Waals surface area contributed by atoms with Gasteiger partial charge in [-0.1, -0.05) is 135 Å². The predicted molar refractivity (Wildman–Crippen MR) is 180 cm³/mol. The highest BCUT2D eigenvalue weighted by atomic mass is 14.2. The molecule has 0 heteroatoms. The van der Waals surface area contributed by atoms with Crippen molar-refractivity contribution in [3.8, 4) is 0 Å². The van der Waals surface area contributed by atoms with Crippen LogP contribution in [0.5, 0.6) is 0 Å².